The summed E-state index contributed by atoms with van der Waals surface area (Å²) in [4.78, 5) is 29.0. The van der Waals surface area contributed by atoms with Gasteiger partial charge in [-0.1, -0.05) is 0 Å². The zero-order valence-corrected chi connectivity index (χ0v) is 21.4. The molecule has 0 aliphatic heterocycles. The van der Waals surface area contributed by atoms with E-state index < -0.39 is 17.9 Å². The van der Waals surface area contributed by atoms with Gasteiger partial charge in [0.15, 0.2) is 11.6 Å². The second-order valence-corrected chi connectivity index (χ2v) is 9.28. The Labute approximate surface area is 219 Å². The summed E-state index contributed by atoms with van der Waals surface area (Å²) in [5.41, 5.74) is 4.23. The van der Waals surface area contributed by atoms with Gasteiger partial charge in [0.25, 0.3) is 0 Å². The fourth-order valence-corrected chi connectivity index (χ4v) is 4.86. The van der Waals surface area contributed by atoms with Gasteiger partial charge in [-0.3, -0.25) is 5.32 Å². The number of benzene rings is 2. The largest absolute Gasteiger partial charge is 0.487 e. The predicted octanol–water partition coefficient (Wildman–Crippen LogP) is 5.83. The molecule has 1 amide bonds. The number of aryl methyl sites for hydroxylation is 2. The molecule has 0 aliphatic rings. The number of carbonyl (C=O) groups is 1. The van der Waals surface area contributed by atoms with Crippen molar-refractivity contribution in [2.24, 2.45) is 0 Å². The lowest BCUT2D eigenvalue weighted by atomic mass is 10.1. The number of fused-ring (bicyclic) bond motifs is 2. The SMILES string of the molecule is COc1cnc2c(-c3nc4c(C)c(F)c(OCCOC(=O)Nc5ccc(F)nc5)cc4s3)cc(C)cc2n1. The highest BCUT2D eigenvalue weighted by molar-refractivity contribution is 7.21. The number of halogens is 2. The number of ether oxygens (including phenoxy) is 3. The number of thiazole rings is 1. The number of hydrogen-bond acceptors (Lipinski definition) is 9. The van der Waals surface area contributed by atoms with E-state index in [0.717, 1.165) is 28.1 Å². The van der Waals surface area contributed by atoms with E-state index in [2.05, 4.69) is 20.3 Å². The van der Waals surface area contributed by atoms with E-state index in [1.807, 2.05) is 19.1 Å². The summed E-state index contributed by atoms with van der Waals surface area (Å²) in [6.07, 6.45) is 1.93. The van der Waals surface area contributed by atoms with Crippen LogP contribution in [-0.2, 0) is 4.74 Å². The minimum absolute atomic E-state index is 0.0237. The molecule has 0 bridgehead atoms. The summed E-state index contributed by atoms with van der Waals surface area (Å²) in [6.45, 7) is 3.37. The highest BCUT2D eigenvalue weighted by atomic mass is 32.1. The van der Waals surface area contributed by atoms with Gasteiger partial charge in [-0.25, -0.2) is 29.1 Å². The first-order valence-corrected chi connectivity index (χ1v) is 12.2. The maximum absolute atomic E-state index is 15.1. The Kier molecular flexibility index (Phi) is 6.97. The van der Waals surface area contributed by atoms with Gasteiger partial charge < -0.3 is 14.2 Å². The van der Waals surface area contributed by atoms with Crippen LogP contribution in [0.1, 0.15) is 11.1 Å². The average Bonchev–Trinajstić information content (AvgIpc) is 3.34. The molecule has 1 N–H and O–H groups in total. The van der Waals surface area contributed by atoms with Crippen molar-refractivity contribution in [3.05, 3.63) is 65.6 Å². The summed E-state index contributed by atoms with van der Waals surface area (Å²) in [5, 5.41) is 3.08. The fraction of sp³-hybridized carbons (Fsp3) is 0.192. The van der Waals surface area contributed by atoms with Gasteiger partial charge in [0.2, 0.25) is 11.8 Å². The van der Waals surface area contributed by atoms with E-state index in [0.29, 0.717) is 33.0 Å². The number of carbonyl (C=O) groups excluding carboxylic acids is 1. The molecule has 0 atom stereocenters. The standard InChI is InChI=1S/C26H21F2N5O4S/c1-13-8-16(24-17(9-13)32-21(35-3)12-30-24)25-33-23-14(2)22(28)18(10-19(23)38-25)36-6-7-37-26(34)31-15-4-5-20(27)29-11-15/h4-5,8-12H,6-7H2,1-3H3,(H,31,34). The Hall–Kier alpha value is -4.45. The maximum atomic E-state index is 15.1. The summed E-state index contributed by atoms with van der Waals surface area (Å²) < 4.78 is 44.5. The highest BCUT2D eigenvalue weighted by Gasteiger charge is 2.19. The Balaban J connectivity index is 1.33. The Morgan fingerprint density at radius 2 is 1.87 bits per heavy atom. The van der Waals surface area contributed by atoms with Crippen LogP contribution in [0.15, 0.2) is 42.7 Å². The molecule has 0 saturated carbocycles. The zero-order chi connectivity index (χ0) is 26.8. The van der Waals surface area contributed by atoms with Crippen LogP contribution < -0.4 is 14.8 Å². The molecule has 0 fully saturated rings. The Morgan fingerprint density at radius 3 is 2.63 bits per heavy atom. The molecule has 9 nitrogen and oxygen atoms in total. The number of hydrogen-bond donors (Lipinski definition) is 1. The summed E-state index contributed by atoms with van der Waals surface area (Å²) in [6, 6.07) is 7.92. The van der Waals surface area contributed by atoms with Crippen molar-refractivity contribution in [2.75, 3.05) is 25.6 Å². The molecule has 38 heavy (non-hydrogen) atoms. The van der Waals surface area contributed by atoms with Gasteiger partial charge >= 0.3 is 6.09 Å². The minimum atomic E-state index is -0.771. The number of amides is 1. The maximum Gasteiger partial charge on any atom is 0.411 e. The van der Waals surface area contributed by atoms with Crippen LogP contribution in [0.5, 0.6) is 11.6 Å². The van der Waals surface area contributed by atoms with Crippen LogP contribution in [0.2, 0.25) is 0 Å². The van der Waals surface area contributed by atoms with Gasteiger partial charge in [0.1, 0.15) is 18.2 Å². The molecule has 0 aliphatic carbocycles. The summed E-state index contributed by atoms with van der Waals surface area (Å²) >= 11 is 1.38. The average molecular weight is 538 g/mol. The topological polar surface area (TPSA) is 108 Å². The van der Waals surface area contributed by atoms with Gasteiger partial charge in [-0.15, -0.1) is 11.3 Å². The normalized spacial score (nSPS) is 11.1. The van der Waals surface area contributed by atoms with Gasteiger partial charge in [-0.05, 0) is 43.7 Å². The number of methoxy groups -OCH3 is 1. The lowest BCUT2D eigenvalue weighted by Crippen LogP contribution is -2.18. The summed E-state index contributed by atoms with van der Waals surface area (Å²) in [5.74, 6) is -0.779. The number of rotatable bonds is 7. The minimum Gasteiger partial charge on any atom is -0.487 e. The zero-order valence-electron chi connectivity index (χ0n) is 20.5. The predicted molar refractivity (Wildman–Crippen MR) is 139 cm³/mol. The molecule has 5 aromatic rings. The molecule has 0 saturated heterocycles. The van der Waals surface area contributed by atoms with Crippen molar-refractivity contribution in [1.82, 2.24) is 19.9 Å². The van der Waals surface area contributed by atoms with Crippen molar-refractivity contribution < 1.29 is 27.8 Å². The Bertz CT molecular complexity index is 1660. The van der Waals surface area contributed by atoms with Crippen LogP contribution in [-0.4, -0.2) is 46.4 Å². The first-order valence-electron chi connectivity index (χ1n) is 11.4. The van der Waals surface area contributed by atoms with Crippen LogP contribution >= 0.6 is 11.3 Å². The molecular weight excluding hydrogens is 516 g/mol. The fourth-order valence-electron chi connectivity index (χ4n) is 3.79. The Morgan fingerprint density at radius 1 is 1.03 bits per heavy atom. The van der Waals surface area contributed by atoms with Crippen LogP contribution in [0.3, 0.4) is 0 Å². The number of aromatic nitrogens is 4. The van der Waals surface area contributed by atoms with Crippen LogP contribution in [0.25, 0.3) is 31.8 Å². The molecule has 0 radical (unpaired) electrons. The first-order chi connectivity index (χ1) is 18.3. The van der Waals surface area contributed by atoms with Crippen molar-refractivity contribution >= 4 is 44.4 Å². The lowest BCUT2D eigenvalue weighted by Gasteiger charge is -2.10. The third-order valence-corrected chi connectivity index (χ3v) is 6.61. The number of nitrogens with zero attached hydrogens (tertiary/aromatic N) is 4. The van der Waals surface area contributed by atoms with Crippen molar-refractivity contribution in [1.29, 1.82) is 0 Å². The molecule has 3 aromatic heterocycles. The summed E-state index contributed by atoms with van der Waals surface area (Å²) in [7, 11) is 1.53. The quantitative estimate of drug-likeness (QED) is 0.204. The monoisotopic (exact) mass is 537 g/mol. The lowest BCUT2D eigenvalue weighted by molar-refractivity contribution is 0.136. The molecule has 0 spiro atoms. The smallest absolute Gasteiger partial charge is 0.411 e. The van der Waals surface area contributed by atoms with Crippen molar-refractivity contribution in [3.8, 4) is 22.2 Å². The van der Waals surface area contributed by atoms with E-state index in [9.17, 15) is 9.18 Å². The third-order valence-electron chi connectivity index (χ3n) is 5.57. The molecule has 12 heteroatoms. The molecule has 2 aromatic carbocycles. The number of pyridine rings is 1. The van der Waals surface area contributed by atoms with Crippen molar-refractivity contribution in [3.63, 3.8) is 0 Å². The van der Waals surface area contributed by atoms with E-state index in [1.54, 1.807) is 19.2 Å². The van der Waals surface area contributed by atoms with Crippen LogP contribution in [0.4, 0.5) is 19.3 Å². The van der Waals surface area contributed by atoms with Gasteiger partial charge in [0.05, 0.1) is 46.4 Å². The molecule has 194 valence electrons. The highest BCUT2D eigenvalue weighted by Crippen LogP contribution is 2.38. The van der Waals surface area contributed by atoms with E-state index in [-0.39, 0.29) is 24.7 Å². The van der Waals surface area contributed by atoms with E-state index in [4.69, 9.17) is 19.2 Å². The van der Waals surface area contributed by atoms with Gasteiger partial charge in [-0.2, -0.15) is 4.39 Å². The molecule has 3 heterocycles. The molecule has 5 rings (SSSR count). The van der Waals surface area contributed by atoms with Gasteiger partial charge in [0, 0.05) is 17.2 Å². The second-order valence-electron chi connectivity index (χ2n) is 8.25. The third kappa shape index (κ3) is 5.16. The molecular formula is C26H21F2N5O4S. The number of anilines is 1. The van der Waals surface area contributed by atoms with E-state index in [1.165, 1.54) is 24.5 Å². The second kappa shape index (κ2) is 10.5. The molecule has 0 unspecified atom stereocenters. The van der Waals surface area contributed by atoms with E-state index >= 15 is 4.39 Å². The van der Waals surface area contributed by atoms with Crippen molar-refractivity contribution in [2.45, 2.75) is 13.8 Å². The number of nitrogens with one attached hydrogen (secondary N) is 1. The first kappa shape index (κ1) is 25.2. The van der Waals surface area contributed by atoms with Crippen LogP contribution in [0, 0.1) is 25.6 Å².